The summed E-state index contributed by atoms with van der Waals surface area (Å²) < 4.78 is 7.97. The lowest BCUT2D eigenvalue weighted by Crippen LogP contribution is -2.25. The lowest BCUT2D eigenvalue weighted by Gasteiger charge is -2.23. The molecule has 4 rings (SSSR count). The number of carbonyl (C=O) groups is 1. The number of aromatic nitrogens is 2. The van der Waals surface area contributed by atoms with Crippen LogP contribution in [0.4, 0.5) is 0 Å². The van der Waals surface area contributed by atoms with Gasteiger partial charge in [-0.25, -0.2) is 4.98 Å². The van der Waals surface area contributed by atoms with Gasteiger partial charge in [0.05, 0.1) is 17.6 Å². The number of benzene rings is 2. The molecule has 5 nitrogen and oxygen atoms in total. The van der Waals surface area contributed by atoms with Crippen molar-refractivity contribution in [2.75, 3.05) is 6.61 Å². The SMILES string of the molecule is CCC(=O)c1ccc(OCC(O)Cn2c(C3CCCCC3)nc3ccccc32)cc1. The number of aliphatic hydroxyl groups is 1. The predicted molar refractivity (Wildman–Crippen MR) is 118 cm³/mol. The van der Waals surface area contributed by atoms with Gasteiger partial charge < -0.3 is 14.4 Å². The molecule has 0 bridgehead atoms. The molecule has 1 fully saturated rings. The van der Waals surface area contributed by atoms with Crippen molar-refractivity contribution in [1.82, 2.24) is 9.55 Å². The fourth-order valence-electron chi connectivity index (χ4n) is 4.36. The number of hydrogen-bond acceptors (Lipinski definition) is 4. The number of imidazole rings is 1. The fraction of sp³-hybridized carbons (Fsp3) is 0.440. The first-order valence-corrected chi connectivity index (χ1v) is 11.0. The smallest absolute Gasteiger partial charge is 0.162 e. The minimum Gasteiger partial charge on any atom is -0.491 e. The third-order valence-corrected chi connectivity index (χ3v) is 5.99. The Balaban J connectivity index is 1.46. The fourth-order valence-corrected chi connectivity index (χ4v) is 4.36. The molecule has 0 amide bonds. The van der Waals surface area contributed by atoms with Gasteiger partial charge in [0.1, 0.15) is 24.3 Å². The summed E-state index contributed by atoms with van der Waals surface area (Å²) in [7, 11) is 0. The quantitative estimate of drug-likeness (QED) is 0.528. The Morgan fingerprint density at radius 1 is 1.13 bits per heavy atom. The number of aliphatic hydroxyl groups excluding tert-OH is 1. The van der Waals surface area contributed by atoms with Crippen LogP contribution in [-0.2, 0) is 6.54 Å². The standard InChI is InChI=1S/C25H30N2O3/c1-2-24(29)18-12-14-21(15-13-18)30-17-20(28)16-27-23-11-7-6-10-22(23)26-25(27)19-8-4-3-5-9-19/h6-7,10-15,19-20,28H,2-5,8-9,16-17H2,1H3. The van der Waals surface area contributed by atoms with E-state index in [2.05, 4.69) is 10.6 Å². The second-order valence-corrected chi connectivity index (χ2v) is 8.17. The van der Waals surface area contributed by atoms with Gasteiger partial charge in [-0.05, 0) is 49.2 Å². The summed E-state index contributed by atoms with van der Waals surface area (Å²) in [5.41, 5.74) is 2.74. The Morgan fingerprint density at radius 2 is 1.87 bits per heavy atom. The monoisotopic (exact) mass is 406 g/mol. The van der Waals surface area contributed by atoms with Crippen molar-refractivity contribution < 1.29 is 14.6 Å². The molecule has 1 unspecified atom stereocenters. The molecule has 0 aliphatic heterocycles. The maximum absolute atomic E-state index is 11.7. The van der Waals surface area contributed by atoms with Crippen molar-refractivity contribution in [3.63, 3.8) is 0 Å². The topological polar surface area (TPSA) is 64.3 Å². The summed E-state index contributed by atoms with van der Waals surface area (Å²) in [6.45, 7) is 2.50. The predicted octanol–water partition coefficient (Wildman–Crippen LogP) is 5.12. The summed E-state index contributed by atoms with van der Waals surface area (Å²) >= 11 is 0. The average molecular weight is 407 g/mol. The van der Waals surface area contributed by atoms with E-state index in [1.165, 1.54) is 32.1 Å². The summed E-state index contributed by atoms with van der Waals surface area (Å²) in [6.07, 6.45) is 5.96. The number of fused-ring (bicyclic) bond motifs is 1. The molecule has 0 spiro atoms. The molecule has 1 aliphatic rings. The molecule has 1 N–H and O–H groups in total. The van der Waals surface area contributed by atoms with Crippen LogP contribution in [0.3, 0.4) is 0 Å². The molecule has 1 heterocycles. The van der Waals surface area contributed by atoms with E-state index in [0.717, 1.165) is 16.9 Å². The third-order valence-electron chi connectivity index (χ3n) is 5.99. The van der Waals surface area contributed by atoms with Crippen LogP contribution < -0.4 is 4.74 Å². The van der Waals surface area contributed by atoms with E-state index in [4.69, 9.17) is 9.72 Å². The number of carbonyl (C=O) groups excluding carboxylic acids is 1. The summed E-state index contributed by atoms with van der Waals surface area (Å²) in [6, 6.07) is 15.3. The molecule has 1 atom stereocenters. The van der Waals surface area contributed by atoms with E-state index in [-0.39, 0.29) is 12.4 Å². The van der Waals surface area contributed by atoms with Crippen LogP contribution in [0, 0.1) is 0 Å². The normalized spacial score (nSPS) is 15.9. The number of ether oxygens (including phenoxy) is 1. The zero-order valence-corrected chi connectivity index (χ0v) is 17.6. The molecule has 158 valence electrons. The zero-order chi connectivity index (χ0) is 20.9. The first-order valence-electron chi connectivity index (χ1n) is 11.0. The van der Waals surface area contributed by atoms with E-state index in [1.807, 2.05) is 25.1 Å². The minimum atomic E-state index is -0.651. The number of Topliss-reactive ketones (excluding diaryl/α,β-unsaturated/α-hetero) is 1. The van der Waals surface area contributed by atoms with Gasteiger partial charge >= 0.3 is 0 Å². The number of nitrogens with zero attached hydrogens (tertiary/aromatic N) is 2. The molecule has 1 saturated carbocycles. The van der Waals surface area contributed by atoms with Gasteiger partial charge in [-0.15, -0.1) is 0 Å². The highest BCUT2D eigenvalue weighted by Gasteiger charge is 2.23. The van der Waals surface area contributed by atoms with Crippen molar-refractivity contribution in [2.45, 2.75) is 64.0 Å². The average Bonchev–Trinajstić information content (AvgIpc) is 3.16. The summed E-state index contributed by atoms with van der Waals surface area (Å²) in [5, 5.41) is 10.7. The molecular formula is C25H30N2O3. The van der Waals surface area contributed by atoms with Gasteiger partial charge in [0.2, 0.25) is 0 Å². The highest BCUT2D eigenvalue weighted by molar-refractivity contribution is 5.95. The van der Waals surface area contributed by atoms with Crippen molar-refractivity contribution in [2.24, 2.45) is 0 Å². The summed E-state index contributed by atoms with van der Waals surface area (Å²) in [5.74, 6) is 2.33. The van der Waals surface area contributed by atoms with Gasteiger partial charge in [-0.3, -0.25) is 4.79 Å². The molecule has 3 aromatic rings. The van der Waals surface area contributed by atoms with Crippen LogP contribution in [0.15, 0.2) is 48.5 Å². The molecule has 30 heavy (non-hydrogen) atoms. The van der Waals surface area contributed by atoms with Gasteiger partial charge in [0.25, 0.3) is 0 Å². The highest BCUT2D eigenvalue weighted by atomic mass is 16.5. The first kappa shape index (κ1) is 20.6. The van der Waals surface area contributed by atoms with E-state index in [9.17, 15) is 9.90 Å². The lowest BCUT2D eigenvalue weighted by molar-refractivity contribution is 0.0920. The first-order chi connectivity index (χ1) is 14.7. The van der Waals surface area contributed by atoms with Gasteiger partial charge in [-0.1, -0.05) is 38.3 Å². The molecule has 1 aliphatic carbocycles. The van der Waals surface area contributed by atoms with Crippen LogP contribution >= 0.6 is 0 Å². The van der Waals surface area contributed by atoms with Crippen molar-refractivity contribution in [3.05, 3.63) is 59.9 Å². The summed E-state index contributed by atoms with van der Waals surface area (Å²) in [4.78, 5) is 16.7. The van der Waals surface area contributed by atoms with Crippen molar-refractivity contribution in [3.8, 4) is 5.75 Å². The molecular weight excluding hydrogens is 376 g/mol. The van der Waals surface area contributed by atoms with Crippen LogP contribution in [-0.4, -0.2) is 33.2 Å². The minimum absolute atomic E-state index is 0.115. The molecule has 1 aromatic heterocycles. The Morgan fingerprint density at radius 3 is 2.60 bits per heavy atom. The zero-order valence-electron chi connectivity index (χ0n) is 17.6. The van der Waals surface area contributed by atoms with Gasteiger partial charge in [0, 0.05) is 17.9 Å². The van der Waals surface area contributed by atoms with Crippen LogP contribution in [0.25, 0.3) is 11.0 Å². The molecule has 2 aromatic carbocycles. The largest absolute Gasteiger partial charge is 0.491 e. The van der Waals surface area contributed by atoms with E-state index >= 15 is 0 Å². The Bertz CT molecular complexity index is 987. The number of para-hydroxylation sites is 2. The molecule has 5 heteroatoms. The van der Waals surface area contributed by atoms with Gasteiger partial charge in [0.15, 0.2) is 5.78 Å². The van der Waals surface area contributed by atoms with Crippen molar-refractivity contribution >= 4 is 16.8 Å². The Hall–Kier alpha value is -2.66. The van der Waals surface area contributed by atoms with Crippen LogP contribution in [0.1, 0.15) is 67.5 Å². The van der Waals surface area contributed by atoms with Crippen LogP contribution in [0.2, 0.25) is 0 Å². The second-order valence-electron chi connectivity index (χ2n) is 8.17. The number of ketones is 1. The van der Waals surface area contributed by atoms with Gasteiger partial charge in [-0.2, -0.15) is 0 Å². The number of rotatable bonds is 8. The maximum Gasteiger partial charge on any atom is 0.162 e. The molecule has 0 radical (unpaired) electrons. The molecule has 0 saturated heterocycles. The lowest BCUT2D eigenvalue weighted by atomic mass is 9.88. The van der Waals surface area contributed by atoms with Crippen molar-refractivity contribution in [1.29, 1.82) is 0 Å². The van der Waals surface area contributed by atoms with Crippen LogP contribution in [0.5, 0.6) is 5.75 Å². The van der Waals surface area contributed by atoms with E-state index in [0.29, 0.717) is 30.2 Å². The Labute approximate surface area is 177 Å². The van der Waals surface area contributed by atoms with E-state index in [1.54, 1.807) is 24.3 Å². The number of hydrogen-bond donors (Lipinski definition) is 1. The highest BCUT2D eigenvalue weighted by Crippen LogP contribution is 2.34. The third kappa shape index (κ3) is 4.57. The van der Waals surface area contributed by atoms with E-state index < -0.39 is 6.10 Å². The maximum atomic E-state index is 11.7. The second kappa shape index (κ2) is 9.43. The Kier molecular flexibility index (Phi) is 6.48.